The third kappa shape index (κ3) is 2.12. The summed E-state index contributed by atoms with van der Waals surface area (Å²) in [5.74, 6) is 1.80. The van der Waals surface area contributed by atoms with Crippen molar-refractivity contribution in [2.45, 2.75) is 32.2 Å². The lowest BCUT2D eigenvalue weighted by Crippen LogP contribution is -2.15. The predicted molar refractivity (Wildman–Crippen MR) is 74.5 cm³/mol. The lowest BCUT2D eigenvalue weighted by molar-refractivity contribution is 0.296. The van der Waals surface area contributed by atoms with E-state index in [2.05, 4.69) is 34.2 Å². The lowest BCUT2D eigenvalue weighted by Gasteiger charge is -2.20. The first kappa shape index (κ1) is 12.3. The summed E-state index contributed by atoms with van der Waals surface area (Å²) in [6, 6.07) is 2.50. The highest BCUT2D eigenvalue weighted by Crippen LogP contribution is 2.43. The first-order valence-corrected chi connectivity index (χ1v) is 7.38. The minimum absolute atomic E-state index is 0.441. The average Bonchev–Trinajstić information content (AvgIpc) is 2.75. The molecule has 2 aliphatic rings. The number of rotatable bonds is 1. The van der Waals surface area contributed by atoms with Crippen LogP contribution in [-0.4, -0.2) is 19.8 Å². The van der Waals surface area contributed by atoms with Gasteiger partial charge in [0.05, 0.1) is 13.2 Å². The SMILES string of the molecule is Cc1c2c(cc(Br)c1C1CCCN1)OCCCO2. The Bertz CT molecular complexity index is 456. The molecule has 3 nitrogen and oxygen atoms in total. The smallest absolute Gasteiger partial charge is 0.164 e. The molecular weight excluding hydrogens is 294 g/mol. The molecule has 0 bridgehead atoms. The summed E-state index contributed by atoms with van der Waals surface area (Å²) in [4.78, 5) is 0. The number of halogens is 1. The maximum atomic E-state index is 5.86. The zero-order valence-electron chi connectivity index (χ0n) is 10.6. The Kier molecular flexibility index (Phi) is 3.48. The Morgan fingerprint density at radius 3 is 2.89 bits per heavy atom. The summed E-state index contributed by atoms with van der Waals surface area (Å²) in [6.07, 6.45) is 3.38. The van der Waals surface area contributed by atoms with Crippen LogP contribution in [0.15, 0.2) is 10.5 Å². The summed E-state index contributed by atoms with van der Waals surface area (Å²) < 4.78 is 12.7. The Balaban J connectivity index is 2.06. The quantitative estimate of drug-likeness (QED) is 0.863. The van der Waals surface area contributed by atoms with Gasteiger partial charge in [0, 0.05) is 22.5 Å². The third-order valence-electron chi connectivity index (χ3n) is 3.68. The highest BCUT2D eigenvalue weighted by atomic mass is 79.9. The first-order chi connectivity index (χ1) is 8.77. The fourth-order valence-electron chi connectivity index (χ4n) is 2.81. The van der Waals surface area contributed by atoms with Crippen LogP contribution in [-0.2, 0) is 0 Å². The molecule has 0 saturated carbocycles. The van der Waals surface area contributed by atoms with Crippen molar-refractivity contribution in [1.82, 2.24) is 5.32 Å². The fourth-order valence-corrected chi connectivity index (χ4v) is 3.59. The topological polar surface area (TPSA) is 30.5 Å². The van der Waals surface area contributed by atoms with Crippen molar-refractivity contribution >= 4 is 15.9 Å². The van der Waals surface area contributed by atoms with Gasteiger partial charge < -0.3 is 14.8 Å². The van der Waals surface area contributed by atoms with Crippen LogP contribution < -0.4 is 14.8 Å². The van der Waals surface area contributed by atoms with Crippen LogP contribution in [0.1, 0.15) is 36.4 Å². The molecule has 0 radical (unpaired) electrons. The highest BCUT2D eigenvalue weighted by molar-refractivity contribution is 9.10. The Morgan fingerprint density at radius 2 is 2.11 bits per heavy atom. The number of hydrogen-bond acceptors (Lipinski definition) is 3. The van der Waals surface area contributed by atoms with E-state index in [1.54, 1.807) is 0 Å². The minimum atomic E-state index is 0.441. The molecule has 3 rings (SSSR count). The summed E-state index contributed by atoms with van der Waals surface area (Å²) in [5, 5.41) is 3.55. The number of fused-ring (bicyclic) bond motifs is 1. The second kappa shape index (κ2) is 5.10. The van der Waals surface area contributed by atoms with Gasteiger partial charge >= 0.3 is 0 Å². The molecule has 1 aromatic rings. The van der Waals surface area contributed by atoms with Crippen molar-refractivity contribution in [3.05, 3.63) is 21.7 Å². The van der Waals surface area contributed by atoms with Crippen LogP contribution in [0.25, 0.3) is 0 Å². The lowest BCUT2D eigenvalue weighted by atomic mass is 9.98. The molecule has 0 amide bonds. The van der Waals surface area contributed by atoms with Crippen molar-refractivity contribution in [3.8, 4) is 11.5 Å². The van der Waals surface area contributed by atoms with Crippen molar-refractivity contribution in [1.29, 1.82) is 0 Å². The predicted octanol–water partition coefficient (Wildman–Crippen LogP) is 3.34. The molecule has 98 valence electrons. The zero-order chi connectivity index (χ0) is 12.5. The monoisotopic (exact) mass is 311 g/mol. The minimum Gasteiger partial charge on any atom is -0.490 e. The normalized spacial score (nSPS) is 22.9. The molecule has 1 atom stereocenters. The number of benzene rings is 1. The van der Waals surface area contributed by atoms with E-state index in [9.17, 15) is 0 Å². The van der Waals surface area contributed by atoms with E-state index >= 15 is 0 Å². The van der Waals surface area contributed by atoms with E-state index in [0.717, 1.165) is 42.2 Å². The van der Waals surface area contributed by atoms with Crippen LogP contribution in [0.5, 0.6) is 11.5 Å². The largest absolute Gasteiger partial charge is 0.490 e. The molecular formula is C14H18BrNO2. The van der Waals surface area contributed by atoms with Gasteiger partial charge in [-0.3, -0.25) is 0 Å². The molecule has 2 aliphatic heterocycles. The van der Waals surface area contributed by atoms with E-state index < -0.39 is 0 Å². The number of hydrogen-bond donors (Lipinski definition) is 1. The molecule has 4 heteroatoms. The summed E-state index contributed by atoms with van der Waals surface area (Å²) in [6.45, 7) is 4.71. The molecule has 0 aromatic heterocycles. The number of nitrogens with one attached hydrogen (secondary N) is 1. The van der Waals surface area contributed by atoms with Crippen LogP contribution in [0, 0.1) is 6.92 Å². The summed E-state index contributed by atoms with van der Waals surface area (Å²) in [7, 11) is 0. The van der Waals surface area contributed by atoms with Gasteiger partial charge in [0.1, 0.15) is 0 Å². The van der Waals surface area contributed by atoms with Gasteiger partial charge in [-0.15, -0.1) is 0 Å². The van der Waals surface area contributed by atoms with Crippen LogP contribution in [0.2, 0.25) is 0 Å². The average molecular weight is 312 g/mol. The summed E-state index contributed by atoms with van der Waals surface area (Å²) in [5.41, 5.74) is 2.54. The maximum Gasteiger partial charge on any atom is 0.164 e. The Morgan fingerprint density at radius 1 is 1.28 bits per heavy atom. The molecule has 0 spiro atoms. The Hall–Kier alpha value is -0.740. The van der Waals surface area contributed by atoms with Crippen molar-refractivity contribution in [2.24, 2.45) is 0 Å². The van der Waals surface area contributed by atoms with Crippen LogP contribution >= 0.6 is 15.9 Å². The van der Waals surface area contributed by atoms with Gasteiger partial charge in [-0.05, 0) is 37.9 Å². The van der Waals surface area contributed by atoms with Gasteiger partial charge in [0.2, 0.25) is 0 Å². The van der Waals surface area contributed by atoms with E-state index in [4.69, 9.17) is 9.47 Å². The molecule has 1 aromatic carbocycles. The molecule has 2 heterocycles. The van der Waals surface area contributed by atoms with E-state index in [1.807, 2.05) is 0 Å². The van der Waals surface area contributed by atoms with E-state index in [-0.39, 0.29) is 0 Å². The van der Waals surface area contributed by atoms with Gasteiger partial charge in [0.15, 0.2) is 11.5 Å². The second-order valence-corrected chi connectivity index (χ2v) is 5.78. The second-order valence-electron chi connectivity index (χ2n) is 4.92. The van der Waals surface area contributed by atoms with Crippen LogP contribution in [0.3, 0.4) is 0 Å². The number of ether oxygens (including phenoxy) is 2. The third-order valence-corrected chi connectivity index (χ3v) is 4.34. The maximum absolute atomic E-state index is 5.86. The zero-order valence-corrected chi connectivity index (χ0v) is 12.2. The van der Waals surface area contributed by atoms with Gasteiger partial charge in [0.25, 0.3) is 0 Å². The van der Waals surface area contributed by atoms with Gasteiger partial charge in [-0.25, -0.2) is 0 Å². The van der Waals surface area contributed by atoms with E-state index in [0.29, 0.717) is 6.04 Å². The van der Waals surface area contributed by atoms with E-state index in [1.165, 1.54) is 24.0 Å². The van der Waals surface area contributed by atoms with Gasteiger partial charge in [-0.2, -0.15) is 0 Å². The fraction of sp³-hybridized carbons (Fsp3) is 0.571. The molecule has 1 unspecified atom stereocenters. The van der Waals surface area contributed by atoms with Crippen molar-refractivity contribution < 1.29 is 9.47 Å². The molecule has 1 N–H and O–H groups in total. The standard InChI is InChI=1S/C14H18BrNO2/c1-9-13(11-4-2-5-16-11)10(15)8-12-14(9)18-7-3-6-17-12/h8,11,16H,2-7H2,1H3. The first-order valence-electron chi connectivity index (χ1n) is 6.59. The molecule has 1 fully saturated rings. The van der Waals surface area contributed by atoms with Gasteiger partial charge in [-0.1, -0.05) is 15.9 Å². The molecule has 1 saturated heterocycles. The highest BCUT2D eigenvalue weighted by Gasteiger charge is 2.25. The summed E-state index contributed by atoms with van der Waals surface area (Å²) >= 11 is 3.69. The Labute approximate surface area is 116 Å². The van der Waals surface area contributed by atoms with Crippen LogP contribution in [0.4, 0.5) is 0 Å². The van der Waals surface area contributed by atoms with Crippen molar-refractivity contribution in [3.63, 3.8) is 0 Å². The molecule has 0 aliphatic carbocycles. The molecule has 18 heavy (non-hydrogen) atoms. The van der Waals surface area contributed by atoms with Crippen molar-refractivity contribution in [2.75, 3.05) is 19.8 Å².